The largest absolute Gasteiger partial charge is 0.497 e. The summed E-state index contributed by atoms with van der Waals surface area (Å²) in [5.41, 5.74) is 7.83. The van der Waals surface area contributed by atoms with Crippen LogP contribution in [0, 0.1) is 5.82 Å². The number of halogens is 2. The number of rotatable bonds is 5. The van der Waals surface area contributed by atoms with E-state index >= 15 is 0 Å². The van der Waals surface area contributed by atoms with Gasteiger partial charge in [-0.25, -0.2) is 14.4 Å². The average molecular weight is 467 g/mol. The molecule has 0 aliphatic rings. The molecule has 0 atom stereocenters. The molecule has 2 aromatic carbocycles. The second kappa shape index (κ2) is 9.18. The summed E-state index contributed by atoms with van der Waals surface area (Å²) in [4.78, 5) is 8.15. The molecule has 0 amide bonds. The SMILES string of the molecule is COc1ccc(NC(N)=NCc2ccc(-n3ccnc3)c(F)c2)cc1.I. The average Bonchev–Trinajstić information content (AvgIpc) is 3.15. The molecule has 0 bridgehead atoms. The van der Waals surface area contributed by atoms with Gasteiger partial charge in [0, 0.05) is 18.1 Å². The molecule has 0 saturated heterocycles. The molecule has 0 saturated carbocycles. The number of methoxy groups -OCH3 is 1. The number of hydrogen-bond acceptors (Lipinski definition) is 3. The van der Waals surface area contributed by atoms with Crippen LogP contribution in [-0.2, 0) is 6.54 Å². The Labute approximate surface area is 167 Å². The Morgan fingerprint density at radius 3 is 2.65 bits per heavy atom. The van der Waals surface area contributed by atoms with Crippen LogP contribution >= 0.6 is 24.0 Å². The van der Waals surface area contributed by atoms with Crippen molar-refractivity contribution in [2.45, 2.75) is 6.54 Å². The molecular weight excluding hydrogens is 448 g/mol. The van der Waals surface area contributed by atoms with Crippen LogP contribution in [0.2, 0.25) is 0 Å². The van der Waals surface area contributed by atoms with Crippen LogP contribution in [0.3, 0.4) is 0 Å². The van der Waals surface area contributed by atoms with Crippen molar-refractivity contribution in [1.29, 1.82) is 0 Å². The van der Waals surface area contributed by atoms with Crippen molar-refractivity contribution in [2.24, 2.45) is 10.7 Å². The molecule has 26 heavy (non-hydrogen) atoms. The Hall–Kier alpha value is -2.62. The number of ether oxygens (including phenoxy) is 1. The number of aliphatic imine (C=N–C) groups is 1. The van der Waals surface area contributed by atoms with Crippen molar-refractivity contribution in [3.8, 4) is 11.4 Å². The molecule has 136 valence electrons. The minimum atomic E-state index is -0.340. The maximum absolute atomic E-state index is 14.2. The smallest absolute Gasteiger partial charge is 0.193 e. The minimum absolute atomic E-state index is 0. The number of benzene rings is 2. The molecule has 0 spiro atoms. The summed E-state index contributed by atoms with van der Waals surface area (Å²) in [5.74, 6) is 0.672. The normalized spacial score (nSPS) is 10.9. The molecule has 6 nitrogen and oxygen atoms in total. The van der Waals surface area contributed by atoms with Crippen molar-refractivity contribution in [3.63, 3.8) is 0 Å². The Morgan fingerprint density at radius 2 is 2.04 bits per heavy atom. The van der Waals surface area contributed by atoms with Gasteiger partial charge < -0.3 is 20.4 Å². The van der Waals surface area contributed by atoms with E-state index in [1.807, 2.05) is 30.3 Å². The van der Waals surface area contributed by atoms with Gasteiger partial charge in [0.05, 0.1) is 25.7 Å². The Morgan fingerprint density at radius 1 is 1.27 bits per heavy atom. The fourth-order valence-corrected chi connectivity index (χ4v) is 2.30. The molecule has 0 fully saturated rings. The van der Waals surface area contributed by atoms with E-state index in [4.69, 9.17) is 10.5 Å². The van der Waals surface area contributed by atoms with Gasteiger partial charge in [0.25, 0.3) is 0 Å². The van der Waals surface area contributed by atoms with Gasteiger partial charge in [0.1, 0.15) is 11.6 Å². The fraction of sp³-hybridized carbons (Fsp3) is 0.111. The van der Waals surface area contributed by atoms with Gasteiger partial charge in [0.2, 0.25) is 0 Å². The highest BCUT2D eigenvalue weighted by atomic mass is 127. The quantitative estimate of drug-likeness (QED) is 0.342. The minimum Gasteiger partial charge on any atom is -0.497 e. The number of nitrogens with one attached hydrogen (secondary N) is 1. The highest BCUT2D eigenvalue weighted by Crippen LogP contribution is 2.16. The van der Waals surface area contributed by atoms with Gasteiger partial charge in [0.15, 0.2) is 5.96 Å². The third kappa shape index (κ3) is 4.94. The number of hydrogen-bond donors (Lipinski definition) is 2. The number of nitrogens with zero attached hydrogens (tertiary/aromatic N) is 3. The Balaban J connectivity index is 0.00000243. The van der Waals surface area contributed by atoms with Crippen LogP contribution < -0.4 is 15.8 Å². The number of imidazole rings is 1. The predicted molar refractivity (Wildman–Crippen MR) is 111 cm³/mol. The zero-order valence-electron chi connectivity index (χ0n) is 14.1. The molecule has 3 rings (SSSR count). The standard InChI is InChI=1S/C18H18FN5O.HI/c1-25-15-5-3-14(4-6-15)23-18(20)22-11-13-2-7-17(16(19)10-13)24-9-8-21-12-24;/h2-10,12H,11H2,1H3,(H3,20,22,23);1H. The van der Waals surface area contributed by atoms with E-state index in [2.05, 4.69) is 15.3 Å². The zero-order valence-corrected chi connectivity index (χ0v) is 16.4. The van der Waals surface area contributed by atoms with Crippen molar-refractivity contribution in [1.82, 2.24) is 9.55 Å². The lowest BCUT2D eigenvalue weighted by Gasteiger charge is -2.08. The summed E-state index contributed by atoms with van der Waals surface area (Å²) in [7, 11) is 1.61. The lowest BCUT2D eigenvalue weighted by molar-refractivity contribution is 0.415. The maximum Gasteiger partial charge on any atom is 0.193 e. The van der Waals surface area contributed by atoms with E-state index in [1.165, 1.54) is 6.07 Å². The second-order valence-corrected chi connectivity index (χ2v) is 5.31. The monoisotopic (exact) mass is 467 g/mol. The first kappa shape index (κ1) is 19.7. The van der Waals surface area contributed by atoms with Gasteiger partial charge in [-0.2, -0.15) is 0 Å². The molecule has 0 unspecified atom stereocenters. The van der Waals surface area contributed by atoms with Gasteiger partial charge >= 0.3 is 0 Å². The van der Waals surface area contributed by atoms with Gasteiger partial charge in [-0.15, -0.1) is 24.0 Å². The molecule has 0 radical (unpaired) electrons. The molecule has 1 heterocycles. The second-order valence-electron chi connectivity index (χ2n) is 5.31. The first-order chi connectivity index (χ1) is 12.2. The van der Waals surface area contributed by atoms with Crippen LogP contribution in [0.15, 0.2) is 66.2 Å². The predicted octanol–water partition coefficient (Wildman–Crippen LogP) is 3.56. The number of anilines is 1. The highest BCUT2D eigenvalue weighted by molar-refractivity contribution is 14.0. The molecule has 0 aliphatic carbocycles. The van der Waals surface area contributed by atoms with E-state index in [-0.39, 0.29) is 42.3 Å². The third-order valence-corrected chi connectivity index (χ3v) is 3.59. The molecule has 3 N–H and O–H groups in total. The third-order valence-electron chi connectivity index (χ3n) is 3.59. The first-order valence-electron chi connectivity index (χ1n) is 7.63. The molecule has 3 aromatic rings. The maximum atomic E-state index is 14.2. The fourth-order valence-electron chi connectivity index (χ4n) is 2.30. The van der Waals surface area contributed by atoms with Crippen LogP contribution in [0.25, 0.3) is 5.69 Å². The summed E-state index contributed by atoms with van der Waals surface area (Å²) >= 11 is 0. The van der Waals surface area contributed by atoms with E-state index in [9.17, 15) is 4.39 Å². The Bertz CT molecular complexity index is 866. The summed E-state index contributed by atoms with van der Waals surface area (Å²) < 4.78 is 20.9. The van der Waals surface area contributed by atoms with Crippen LogP contribution in [0.5, 0.6) is 5.75 Å². The van der Waals surface area contributed by atoms with Gasteiger partial charge in [-0.05, 0) is 42.0 Å². The van der Waals surface area contributed by atoms with Crippen molar-refractivity contribution < 1.29 is 9.13 Å². The topological polar surface area (TPSA) is 77.5 Å². The van der Waals surface area contributed by atoms with Crippen molar-refractivity contribution in [3.05, 3.63) is 72.6 Å². The van der Waals surface area contributed by atoms with E-state index in [0.29, 0.717) is 5.69 Å². The van der Waals surface area contributed by atoms with Gasteiger partial charge in [-0.1, -0.05) is 6.07 Å². The number of guanidine groups is 1. The van der Waals surface area contributed by atoms with E-state index in [0.717, 1.165) is 17.0 Å². The van der Waals surface area contributed by atoms with Crippen LogP contribution in [0.1, 0.15) is 5.56 Å². The summed E-state index contributed by atoms with van der Waals surface area (Å²) in [6.07, 6.45) is 4.84. The van der Waals surface area contributed by atoms with Gasteiger partial charge in [-0.3, -0.25) is 0 Å². The first-order valence-corrected chi connectivity index (χ1v) is 7.63. The van der Waals surface area contributed by atoms with Crippen molar-refractivity contribution in [2.75, 3.05) is 12.4 Å². The number of aromatic nitrogens is 2. The van der Waals surface area contributed by atoms with Crippen LogP contribution in [0.4, 0.5) is 10.1 Å². The number of nitrogens with two attached hydrogens (primary N) is 1. The molecule has 8 heteroatoms. The summed E-state index contributed by atoms with van der Waals surface area (Å²) in [6.45, 7) is 0.274. The van der Waals surface area contributed by atoms with Crippen LogP contribution in [-0.4, -0.2) is 22.6 Å². The lowest BCUT2D eigenvalue weighted by Crippen LogP contribution is -2.22. The molecule has 1 aromatic heterocycles. The zero-order chi connectivity index (χ0) is 17.6. The summed E-state index contributed by atoms with van der Waals surface area (Å²) in [5, 5.41) is 2.98. The summed E-state index contributed by atoms with van der Waals surface area (Å²) in [6, 6.07) is 12.2. The Kier molecular flexibility index (Phi) is 6.96. The van der Waals surface area contributed by atoms with Crippen molar-refractivity contribution >= 4 is 35.6 Å². The van der Waals surface area contributed by atoms with E-state index < -0.39 is 0 Å². The molecule has 0 aliphatic heterocycles. The molecular formula is C18H19FIN5O. The highest BCUT2D eigenvalue weighted by Gasteiger charge is 2.05. The van der Waals surface area contributed by atoms with E-state index in [1.54, 1.807) is 36.5 Å². The lowest BCUT2D eigenvalue weighted by atomic mass is 10.2.